The molecule has 1 heterocycles. The fourth-order valence-corrected chi connectivity index (χ4v) is 2.79. The predicted molar refractivity (Wildman–Crippen MR) is 82.3 cm³/mol. The summed E-state index contributed by atoms with van der Waals surface area (Å²) in [4.78, 5) is 33.6. The van der Waals surface area contributed by atoms with Crippen molar-refractivity contribution >= 4 is 63.0 Å². The van der Waals surface area contributed by atoms with Crippen LogP contribution in [0.25, 0.3) is 0 Å². The summed E-state index contributed by atoms with van der Waals surface area (Å²) in [5.74, 6) is -0.167. The molecule has 1 aliphatic carbocycles. The number of carbonyl (C=O) groups is 2. The molecule has 0 amide bonds. The van der Waals surface area contributed by atoms with Gasteiger partial charge >= 0.3 is 0 Å². The van der Waals surface area contributed by atoms with Crippen LogP contribution >= 0.6 is 0 Å². The van der Waals surface area contributed by atoms with Crippen molar-refractivity contribution < 1.29 is 9.59 Å². The van der Waals surface area contributed by atoms with Crippen LogP contribution in [0.1, 0.15) is 55.4 Å². The van der Waals surface area contributed by atoms with Crippen molar-refractivity contribution in [2.45, 2.75) is 53.4 Å². The molecule has 1 aromatic heterocycles. The first-order valence-electron chi connectivity index (χ1n) is 7.18. The first-order chi connectivity index (χ1) is 9.31. The second kappa shape index (κ2) is 7.55. The maximum Gasteiger partial charge on any atom is 0.149 e. The molecule has 1 aromatic rings. The molecular formula is C16H22KN2O2. The van der Waals surface area contributed by atoms with Gasteiger partial charge in [-0.05, 0) is 32.6 Å². The third-order valence-corrected chi connectivity index (χ3v) is 4.30. The maximum absolute atomic E-state index is 12.4. The number of aromatic nitrogens is 2. The van der Waals surface area contributed by atoms with Crippen LogP contribution in [0.5, 0.6) is 0 Å². The summed E-state index contributed by atoms with van der Waals surface area (Å²) in [6.07, 6.45) is 0.949. The van der Waals surface area contributed by atoms with E-state index in [0.29, 0.717) is 30.1 Å². The molecule has 0 saturated heterocycles. The van der Waals surface area contributed by atoms with Gasteiger partial charge < -0.3 is 0 Å². The van der Waals surface area contributed by atoms with Gasteiger partial charge in [-0.15, -0.1) is 0 Å². The first-order valence-corrected chi connectivity index (χ1v) is 7.18. The van der Waals surface area contributed by atoms with Crippen LogP contribution in [0.15, 0.2) is 0 Å². The summed E-state index contributed by atoms with van der Waals surface area (Å²) < 4.78 is 0. The van der Waals surface area contributed by atoms with Crippen molar-refractivity contribution in [2.75, 3.05) is 0 Å². The Bertz CT molecular complexity index is 552. The SMILES string of the molecule is Cc1nc(C)c(C2C(=O)CC(C(C)C)CC2=O)nc1C.[K]. The Hall–Kier alpha value is 0.0564. The molecule has 0 N–H and O–H groups in total. The van der Waals surface area contributed by atoms with Crippen LogP contribution in [0.3, 0.4) is 0 Å². The van der Waals surface area contributed by atoms with Crippen LogP contribution in [0, 0.1) is 32.6 Å². The van der Waals surface area contributed by atoms with E-state index in [0.717, 1.165) is 11.4 Å². The minimum Gasteiger partial charge on any atom is -0.298 e. The van der Waals surface area contributed by atoms with E-state index in [1.807, 2.05) is 20.8 Å². The van der Waals surface area contributed by atoms with Crippen LogP contribution in [-0.4, -0.2) is 72.9 Å². The van der Waals surface area contributed by atoms with Crippen LogP contribution in [-0.2, 0) is 9.59 Å². The van der Waals surface area contributed by atoms with Crippen molar-refractivity contribution in [3.05, 3.63) is 22.8 Å². The zero-order valence-electron chi connectivity index (χ0n) is 13.9. The van der Waals surface area contributed by atoms with E-state index in [9.17, 15) is 9.59 Å². The van der Waals surface area contributed by atoms with Gasteiger partial charge in [0.25, 0.3) is 0 Å². The molecule has 4 nitrogen and oxygen atoms in total. The Balaban J connectivity index is 0.00000220. The topological polar surface area (TPSA) is 59.9 Å². The monoisotopic (exact) mass is 313 g/mol. The molecule has 1 saturated carbocycles. The Kier molecular flexibility index (Phi) is 6.87. The molecule has 0 spiro atoms. The second-order valence-electron chi connectivity index (χ2n) is 6.14. The average molecular weight is 313 g/mol. The normalized spacial score (nSPS) is 22.4. The van der Waals surface area contributed by atoms with E-state index < -0.39 is 5.92 Å². The van der Waals surface area contributed by atoms with Crippen LogP contribution in [0.4, 0.5) is 0 Å². The Morgan fingerprint density at radius 1 is 0.905 bits per heavy atom. The van der Waals surface area contributed by atoms with Gasteiger partial charge in [-0.25, -0.2) is 0 Å². The standard InChI is InChI=1S/C16H22N2O2.K/c1-8(2)12-6-13(19)15(14(20)7-12)16-11(5)17-9(3)10(4)18-16;/h8,12,15H,6-7H2,1-5H3;. The Morgan fingerprint density at radius 3 is 1.86 bits per heavy atom. The minimum atomic E-state index is -0.697. The van der Waals surface area contributed by atoms with Gasteiger partial charge in [-0.3, -0.25) is 19.6 Å². The van der Waals surface area contributed by atoms with Crippen molar-refractivity contribution in [1.82, 2.24) is 9.97 Å². The summed E-state index contributed by atoms with van der Waals surface area (Å²) in [5.41, 5.74) is 2.90. The number of hydrogen-bond donors (Lipinski definition) is 0. The fourth-order valence-electron chi connectivity index (χ4n) is 2.79. The largest absolute Gasteiger partial charge is 0.298 e. The van der Waals surface area contributed by atoms with Crippen LogP contribution in [0.2, 0.25) is 0 Å². The molecular weight excluding hydrogens is 291 g/mol. The minimum absolute atomic E-state index is 0. The first kappa shape index (κ1) is 19.1. The van der Waals surface area contributed by atoms with Gasteiger partial charge in [-0.2, -0.15) is 0 Å². The molecule has 1 radical (unpaired) electrons. The van der Waals surface area contributed by atoms with E-state index in [1.165, 1.54) is 0 Å². The fraction of sp³-hybridized carbons (Fsp3) is 0.625. The van der Waals surface area contributed by atoms with Gasteiger partial charge in [0.1, 0.15) is 17.5 Å². The van der Waals surface area contributed by atoms with Crippen molar-refractivity contribution in [3.63, 3.8) is 0 Å². The summed E-state index contributed by atoms with van der Waals surface area (Å²) in [6.45, 7) is 9.70. The molecule has 5 heteroatoms. The molecule has 1 aliphatic rings. The number of carbonyl (C=O) groups excluding carboxylic acids is 2. The Labute approximate surface area is 168 Å². The summed E-state index contributed by atoms with van der Waals surface area (Å²) in [7, 11) is 0. The predicted octanol–water partition coefficient (Wildman–Crippen LogP) is 2.31. The van der Waals surface area contributed by atoms with E-state index in [1.54, 1.807) is 0 Å². The maximum atomic E-state index is 12.4. The smallest absolute Gasteiger partial charge is 0.149 e. The number of rotatable bonds is 2. The molecule has 0 bridgehead atoms. The van der Waals surface area contributed by atoms with Crippen molar-refractivity contribution in [3.8, 4) is 0 Å². The van der Waals surface area contributed by atoms with E-state index >= 15 is 0 Å². The number of Topliss-reactive ketones (excluding diaryl/α,β-unsaturated/α-hetero) is 2. The molecule has 0 unspecified atom stereocenters. The summed E-state index contributed by atoms with van der Waals surface area (Å²) >= 11 is 0. The molecule has 2 rings (SSSR count). The van der Waals surface area contributed by atoms with Crippen molar-refractivity contribution in [2.24, 2.45) is 11.8 Å². The molecule has 0 aliphatic heterocycles. The molecule has 0 atom stereocenters. The zero-order chi connectivity index (χ0) is 15.0. The van der Waals surface area contributed by atoms with Gasteiger partial charge in [0.05, 0.1) is 22.8 Å². The molecule has 0 aromatic carbocycles. The average Bonchev–Trinajstić information content (AvgIpc) is 2.34. The number of nitrogens with zero attached hydrogens (tertiary/aromatic N) is 2. The molecule has 109 valence electrons. The summed E-state index contributed by atoms with van der Waals surface area (Å²) in [5, 5.41) is 0. The van der Waals surface area contributed by atoms with Gasteiger partial charge in [0, 0.05) is 64.2 Å². The number of hydrogen-bond acceptors (Lipinski definition) is 4. The Morgan fingerprint density at radius 2 is 1.38 bits per heavy atom. The second-order valence-corrected chi connectivity index (χ2v) is 6.14. The van der Waals surface area contributed by atoms with Crippen LogP contribution < -0.4 is 0 Å². The molecule has 1 fully saturated rings. The van der Waals surface area contributed by atoms with Gasteiger partial charge in [-0.1, -0.05) is 13.8 Å². The third-order valence-electron chi connectivity index (χ3n) is 4.30. The van der Waals surface area contributed by atoms with E-state index in [-0.39, 0.29) is 68.9 Å². The number of ketones is 2. The summed E-state index contributed by atoms with van der Waals surface area (Å²) in [6, 6.07) is 0. The van der Waals surface area contributed by atoms with E-state index in [2.05, 4.69) is 23.8 Å². The van der Waals surface area contributed by atoms with E-state index in [4.69, 9.17) is 0 Å². The molecule has 21 heavy (non-hydrogen) atoms. The quantitative estimate of drug-likeness (QED) is 0.621. The zero-order valence-corrected chi connectivity index (χ0v) is 17.0. The van der Waals surface area contributed by atoms with Gasteiger partial charge in [0.2, 0.25) is 0 Å². The third kappa shape index (κ3) is 4.08. The van der Waals surface area contributed by atoms with Crippen molar-refractivity contribution in [1.29, 1.82) is 0 Å². The van der Waals surface area contributed by atoms with Gasteiger partial charge in [0.15, 0.2) is 0 Å². The number of aryl methyl sites for hydroxylation is 3.